The first kappa shape index (κ1) is 15.8. The fourth-order valence-corrected chi connectivity index (χ4v) is 6.40. The Hall–Kier alpha value is -0.0800. The van der Waals surface area contributed by atoms with E-state index >= 15 is 0 Å². The summed E-state index contributed by atoms with van der Waals surface area (Å²) in [7, 11) is -3.28. The van der Waals surface area contributed by atoms with Crippen molar-refractivity contribution in [3.8, 4) is 0 Å². The van der Waals surface area contributed by atoms with Gasteiger partial charge in [0, 0.05) is 36.3 Å². The molecule has 21 heavy (non-hydrogen) atoms. The van der Waals surface area contributed by atoms with Crippen molar-refractivity contribution < 1.29 is 8.42 Å². The summed E-state index contributed by atoms with van der Waals surface area (Å²) in [6.07, 6.45) is 4.45. The molecule has 2 aliphatic rings. The lowest BCUT2D eigenvalue weighted by atomic mass is 10.3. The molecule has 1 aromatic rings. The first-order valence-corrected chi connectivity index (χ1v) is 11.0. The lowest BCUT2D eigenvalue weighted by molar-refractivity contribution is 0.436. The molecule has 1 aromatic heterocycles. The Balaban J connectivity index is 1.62. The number of thiophene rings is 1. The van der Waals surface area contributed by atoms with Crippen molar-refractivity contribution in [2.24, 2.45) is 0 Å². The van der Waals surface area contributed by atoms with E-state index in [9.17, 15) is 8.42 Å². The molecule has 1 N–H and O–H groups in total. The minimum absolute atomic E-state index is 0.510. The summed E-state index contributed by atoms with van der Waals surface area (Å²) in [5, 5.41) is 3.47. The molecule has 2 fully saturated rings. The SMILES string of the molecule is O=S(=O)(c1ccc(CCNC2CC2)s1)N1CCCSCC1. The van der Waals surface area contributed by atoms with Gasteiger partial charge in [-0.1, -0.05) is 0 Å². The number of sulfonamides is 1. The van der Waals surface area contributed by atoms with Crippen LogP contribution >= 0.6 is 23.1 Å². The van der Waals surface area contributed by atoms with Crippen LogP contribution < -0.4 is 5.32 Å². The molecule has 118 valence electrons. The topological polar surface area (TPSA) is 49.4 Å². The van der Waals surface area contributed by atoms with Gasteiger partial charge in [0.25, 0.3) is 10.0 Å². The summed E-state index contributed by atoms with van der Waals surface area (Å²) in [5.74, 6) is 1.97. The zero-order valence-electron chi connectivity index (χ0n) is 12.1. The molecule has 0 radical (unpaired) electrons. The highest BCUT2D eigenvalue weighted by atomic mass is 32.2. The molecule has 0 bridgehead atoms. The largest absolute Gasteiger partial charge is 0.314 e. The maximum Gasteiger partial charge on any atom is 0.252 e. The summed E-state index contributed by atoms with van der Waals surface area (Å²) in [4.78, 5) is 1.16. The van der Waals surface area contributed by atoms with Gasteiger partial charge in [0.2, 0.25) is 0 Å². The maximum absolute atomic E-state index is 12.7. The van der Waals surface area contributed by atoms with Crippen molar-refractivity contribution in [2.75, 3.05) is 31.1 Å². The van der Waals surface area contributed by atoms with Gasteiger partial charge in [-0.2, -0.15) is 16.1 Å². The first-order chi connectivity index (χ1) is 10.2. The predicted molar refractivity (Wildman–Crippen MR) is 89.7 cm³/mol. The van der Waals surface area contributed by atoms with E-state index in [2.05, 4.69) is 5.32 Å². The molecule has 1 aliphatic heterocycles. The smallest absolute Gasteiger partial charge is 0.252 e. The van der Waals surface area contributed by atoms with Gasteiger partial charge in [-0.3, -0.25) is 0 Å². The highest BCUT2D eigenvalue weighted by molar-refractivity contribution is 7.99. The molecule has 3 rings (SSSR count). The third kappa shape index (κ3) is 4.22. The molecule has 0 unspecified atom stereocenters. The molecule has 1 saturated heterocycles. The third-order valence-electron chi connectivity index (χ3n) is 3.79. The number of nitrogens with zero attached hydrogens (tertiary/aromatic N) is 1. The summed E-state index contributed by atoms with van der Waals surface area (Å²) in [6, 6.07) is 4.46. The third-order valence-corrected chi connectivity index (χ3v) is 8.35. The molecule has 4 nitrogen and oxygen atoms in total. The molecule has 0 spiro atoms. The standard InChI is InChI=1S/C14H22N2O2S3/c17-21(18,16-8-1-10-19-11-9-16)14-5-4-13(20-14)6-7-15-12-2-3-12/h4-5,12,15H,1-3,6-11H2. The second-order valence-electron chi connectivity index (χ2n) is 5.57. The van der Waals surface area contributed by atoms with Crippen LogP contribution in [0.15, 0.2) is 16.3 Å². The average molecular weight is 347 g/mol. The zero-order chi connectivity index (χ0) is 14.7. The highest BCUT2D eigenvalue weighted by Gasteiger charge is 2.26. The second kappa shape index (κ2) is 7.00. The second-order valence-corrected chi connectivity index (χ2v) is 10.1. The van der Waals surface area contributed by atoms with E-state index in [1.165, 1.54) is 24.2 Å². The zero-order valence-corrected chi connectivity index (χ0v) is 14.5. The van der Waals surface area contributed by atoms with Crippen molar-refractivity contribution in [2.45, 2.75) is 35.9 Å². The number of hydrogen-bond acceptors (Lipinski definition) is 5. The van der Waals surface area contributed by atoms with Crippen molar-refractivity contribution in [3.63, 3.8) is 0 Å². The van der Waals surface area contributed by atoms with Crippen LogP contribution in [-0.4, -0.2) is 49.9 Å². The van der Waals surface area contributed by atoms with E-state index in [1.54, 1.807) is 10.4 Å². The van der Waals surface area contributed by atoms with Crippen molar-refractivity contribution in [1.29, 1.82) is 0 Å². The monoisotopic (exact) mass is 346 g/mol. The van der Waals surface area contributed by atoms with Crippen LogP contribution in [0.2, 0.25) is 0 Å². The van der Waals surface area contributed by atoms with Gasteiger partial charge in [-0.25, -0.2) is 8.42 Å². The van der Waals surface area contributed by atoms with E-state index < -0.39 is 10.0 Å². The molecule has 7 heteroatoms. The van der Waals surface area contributed by atoms with Crippen molar-refractivity contribution in [3.05, 3.63) is 17.0 Å². The number of hydrogen-bond donors (Lipinski definition) is 1. The van der Waals surface area contributed by atoms with Crippen LogP contribution in [0.1, 0.15) is 24.1 Å². The van der Waals surface area contributed by atoms with Crippen LogP contribution in [0, 0.1) is 0 Å². The summed E-state index contributed by atoms with van der Waals surface area (Å²) in [5.41, 5.74) is 0. The Kier molecular flexibility index (Phi) is 5.27. The minimum atomic E-state index is -3.28. The molecule has 2 heterocycles. The van der Waals surface area contributed by atoms with Crippen molar-refractivity contribution >= 4 is 33.1 Å². The summed E-state index contributed by atoms with van der Waals surface area (Å²) < 4.78 is 27.5. The normalized spacial score (nSPS) is 21.3. The average Bonchev–Trinajstić information content (AvgIpc) is 3.21. The van der Waals surface area contributed by atoms with Gasteiger partial charge in [-0.15, -0.1) is 11.3 Å². The van der Waals surface area contributed by atoms with Crippen LogP contribution in [0.4, 0.5) is 0 Å². The van der Waals surface area contributed by atoms with E-state index in [1.807, 2.05) is 17.8 Å². The Bertz CT molecular complexity index is 559. The Morgan fingerprint density at radius 1 is 1.24 bits per heavy atom. The Morgan fingerprint density at radius 2 is 2.10 bits per heavy atom. The highest BCUT2D eigenvalue weighted by Crippen LogP contribution is 2.27. The van der Waals surface area contributed by atoms with Gasteiger partial charge >= 0.3 is 0 Å². The number of rotatable bonds is 6. The van der Waals surface area contributed by atoms with E-state index in [4.69, 9.17) is 0 Å². The van der Waals surface area contributed by atoms with Gasteiger partial charge in [0.1, 0.15) is 4.21 Å². The predicted octanol–water partition coefficient (Wildman–Crippen LogP) is 2.17. The van der Waals surface area contributed by atoms with Crippen LogP contribution in [-0.2, 0) is 16.4 Å². The van der Waals surface area contributed by atoms with E-state index in [0.717, 1.165) is 35.8 Å². The van der Waals surface area contributed by atoms with E-state index in [-0.39, 0.29) is 0 Å². The molecular weight excluding hydrogens is 324 g/mol. The molecule has 0 atom stereocenters. The molecular formula is C14H22N2O2S3. The van der Waals surface area contributed by atoms with Gasteiger partial charge in [0.05, 0.1) is 0 Å². The Labute approximate surface area is 135 Å². The lowest BCUT2D eigenvalue weighted by Gasteiger charge is -2.18. The van der Waals surface area contributed by atoms with Crippen LogP contribution in [0.3, 0.4) is 0 Å². The number of nitrogens with one attached hydrogen (secondary N) is 1. The first-order valence-electron chi connectivity index (χ1n) is 7.56. The molecule has 0 amide bonds. The minimum Gasteiger partial charge on any atom is -0.314 e. The maximum atomic E-state index is 12.7. The summed E-state index contributed by atoms with van der Waals surface area (Å²) in [6.45, 7) is 2.25. The number of thioether (sulfide) groups is 1. The van der Waals surface area contributed by atoms with Crippen LogP contribution in [0.25, 0.3) is 0 Å². The van der Waals surface area contributed by atoms with Gasteiger partial charge < -0.3 is 5.32 Å². The van der Waals surface area contributed by atoms with E-state index in [0.29, 0.717) is 23.3 Å². The molecule has 0 aromatic carbocycles. The molecule has 1 aliphatic carbocycles. The quantitative estimate of drug-likeness (QED) is 0.858. The fraction of sp³-hybridized carbons (Fsp3) is 0.714. The summed E-state index contributed by atoms with van der Waals surface area (Å²) >= 11 is 3.28. The molecule has 1 saturated carbocycles. The van der Waals surface area contributed by atoms with Crippen molar-refractivity contribution in [1.82, 2.24) is 9.62 Å². The van der Waals surface area contributed by atoms with Crippen LogP contribution in [0.5, 0.6) is 0 Å². The Morgan fingerprint density at radius 3 is 2.90 bits per heavy atom. The van der Waals surface area contributed by atoms with Gasteiger partial charge in [0.15, 0.2) is 0 Å². The van der Waals surface area contributed by atoms with Gasteiger partial charge in [-0.05, 0) is 43.6 Å². The lowest BCUT2D eigenvalue weighted by Crippen LogP contribution is -2.32. The fourth-order valence-electron chi connectivity index (χ4n) is 2.41.